The molecule has 0 aliphatic rings. The second kappa shape index (κ2) is 7.71. The first kappa shape index (κ1) is 17.4. The molecule has 0 spiro atoms. The van der Waals surface area contributed by atoms with Crippen molar-refractivity contribution >= 4 is 21.5 Å². The van der Waals surface area contributed by atoms with Crippen LogP contribution in [-0.2, 0) is 0 Å². The second-order valence-corrected chi connectivity index (χ2v) is 6.92. The van der Waals surface area contributed by atoms with E-state index >= 15 is 0 Å². The summed E-state index contributed by atoms with van der Waals surface area (Å²) in [4.78, 5) is 0. The fourth-order valence-electron chi connectivity index (χ4n) is 3.66. The Labute approximate surface area is 160 Å². The predicted octanol–water partition coefficient (Wildman–Crippen LogP) is 6.93. The van der Waals surface area contributed by atoms with Crippen LogP contribution in [0.5, 0.6) is 11.5 Å². The Hall–Kier alpha value is -3.00. The number of benzene rings is 4. The molecule has 0 radical (unpaired) electrons. The van der Waals surface area contributed by atoms with Crippen LogP contribution in [0.2, 0.25) is 0 Å². The number of ether oxygens (including phenoxy) is 1. The van der Waals surface area contributed by atoms with Gasteiger partial charge in [0.05, 0.1) is 6.61 Å². The van der Waals surface area contributed by atoms with Gasteiger partial charge in [-0.2, -0.15) is 0 Å². The number of hydrogen-bond acceptors (Lipinski definition) is 2. The summed E-state index contributed by atoms with van der Waals surface area (Å²) in [6.45, 7) is 2.91. The molecule has 0 bridgehead atoms. The van der Waals surface area contributed by atoms with Gasteiger partial charge in [0.15, 0.2) is 0 Å². The van der Waals surface area contributed by atoms with Gasteiger partial charge in [-0.05, 0) is 58.0 Å². The molecular formula is C25H24O2. The molecular weight excluding hydrogens is 332 g/mol. The maximum Gasteiger partial charge on any atom is 0.127 e. The Morgan fingerprint density at radius 1 is 0.741 bits per heavy atom. The third kappa shape index (κ3) is 3.48. The highest BCUT2D eigenvalue weighted by molar-refractivity contribution is 6.07. The predicted molar refractivity (Wildman–Crippen MR) is 114 cm³/mol. The van der Waals surface area contributed by atoms with Crippen LogP contribution >= 0.6 is 0 Å². The van der Waals surface area contributed by atoms with E-state index < -0.39 is 0 Å². The Balaban J connectivity index is 1.85. The minimum Gasteiger partial charge on any atom is -0.508 e. The number of aromatic hydroxyl groups is 1. The maximum atomic E-state index is 10.1. The summed E-state index contributed by atoms with van der Waals surface area (Å²) < 4.78 is 6.06. The highest BCUT2D eigenvalue weighted by atomic mass is 16.5. The van der Waals surface area contributed by atoms with E-state index in [0.717, 1.165) is 35.1 Å². The van der Waals surface area contributed by atoms with Gasteiger partial charge in [-0.15, -0.1) is 0 Å². The lowest BCUT2D eigenvalue weighted by molar-refractivity contribution is 0.310. The van der Waals surface area contributed by atoms with E-state index in [1.807, 2.05) is 12.1 Å². The van der Waals surface area contributed by atoms with Crippen molar-refractivity contribution in [1.29, 1.82) is 0 Å². The number of unbranched alkanes of at least 4 members (excludes halogenated alkanes) is 2. The highest BCUT2D eigenvalue weighted by Crippen LogP contribution is 2.39. The van der Waals surface area contributed by atoms with E-state index in [1.54, 1.807) is 6.07 Å². The van der Waals surface area contributed by atoms with Crippen LogP contribution in [0.15, 0.2) is 72.8 Å². The third-order valence-electron chi connectivity index (χ3n) is 5.05. The van der Waals surface area contributed by atoms with Crippen LogP contribution in [0.1, 0.15) is 26.2 Å². The maximum absolute atomic E-state index is 10.1. The van der Waals surface area contributed by atoms with Gasteiger partial charge in [0.2, 0.25) is 0 Å². The molecule has 0 fully saturated rings. The van der Waals surface area contributed by atoms with Gasteiger partial charge in [-0.25, -0.2) is 0 Å². The second-order valence-electron chi connectivity index (χ2n) is 6.92. The molecule has 4 aromatic rings. The summed E-state index contributed by atoms with van der Waals surface area (Å²) in [5.41, 5.74) is 2.28. The molecule has 0 heterocycles. The first-order valence-corrected chi connectivity index (χ1v) is 9.64. The molecule has 0 aromatic heterocycles. The average molecular weight is 356 g/mol. The van der Waals surface area contributed by atoms with E-state index in [-0.39, 0.29) is 5.75 Å². The zero-order valence-corrected chi connectivity index (χ0v) is 15.6. The molecule has 0 amide bonds. The topological polar surface area (TPSA) is 29.5 Å². The van der Waals surface area contributed by atoms with Crippen LogP contribution in [0.25, 0.3) is 32.7 Å². The summed E-state index contributed by atoms with van der Waals surface area (Å²) >= 11 is 0. The largest absolute Gasteiger partial charge is 0.508 e. The van der Waals surface area contributed by atoms with Gasteiger partial charge in [0.1, 0.15) is 11.5 Å². The third-order valence-corrected chi connectivity index (χ3v) is 5.05. The number of rotatable bonds is 6. The fourth-order valence-corrected chi connectivity index (χ4v) is 3.66. The molecule has 0 saturated carbocycles. The highest BCUT2D eigenvalue weighted by Gasteiger charge is 2.12. The first-order valence-electron chi connectivity index (χ1n) is 9.64. The molecule has 2 heteroatoms. The molecule has 0 saturated heterocycles. The quantitative estimate of drug-likeness (QED) is 0.379. The van der Waals surface area contributed by atoms with Crippen molar-refractivity contribution in [2.24, 2.45) is 0 Å². The van der Waals surface area contributed by atoms with Crippen molar-refractivity contribution in [2.75, 3.05) is 6.61 Å². The molecule has 0 unspecified atom stereocenters. The Morgan fingerprint density at radius 2 is 1.56 bits per heavy atom. The molecule has 4 rings (SSSR count). The van der Waals surface area contributed by atoms with E-state index in [9.17, 15) is 5.11 Å². The molecule has 136 valence electrons. The summed E-state index contributed by atoms with van der Waals surface area (Å²) in [5.74, 6) is 1.15. The minimum absolute atomic E-state index is 0.270. The zero-order chi connectivity index (χ0) is 18.6. The van der Waals surface area contributed by atoms with Gasteiger partial charge in [0.25, 0.3) is 0 Å². The zero-order valence-electron chi connectivity index (χ0n) is 15.6. The molecule has 4 aromatic carbocycles. The van der Waals surface area contributed by atoms with Gasteiger partial charge in [-0.1, -0.05) is 68.3 Å². The molecule has 0 aliphatic carbocycles. The Kier molecular flexibility index (Phi) is 4.97. The van der Waals surface area contributed by atoms with E-state index in [0.29, 0.717) is 0 Å². The fraction of sp³-hybridized carbons (Fsp3) is 0.200. The summed E-state index contributed by atoms with van der Waals surface area (Å²) in [6.07, 6.45) is 3.41. The minimum atomic E-state index is 0.270. The van der Waals surface area contributed by atoms with Crippen LogP contribution in [0.4, 0.5) is 0 Å². The number of fused-ring (bicyclic) bond motifs is 2. The van der Waals surface area contributed by atoms with Gasteiger partial charge in [0, 0.05) is 5.39 Å². The van der Waals surface area contributed by atoms with E-state index in [2.05, 4.69) is 61.5 Å². The van der Waals surface area contributed by atoms with Gasteiger partial charge >= 0.3 is 0 Å². The van der Waals surface area contributed by atoms with Crippen molar-refractivity contribution in [3.05, 3.63) is 72.8 Å². The lowest BCUT2D eigenvalue weighted by Gasteiger charge is -2.14. The number of hydrogen-bond donors (Lipinski definition) is 1. The van der Waals surface area contributed by atoms with Crippen LogP contribution in [0, 0.1) is 0 Å². The van der Waals surface area contributed by atoms with Crippen molar-refractivity contribution in [2.45, 2.75) is 26.2 Å². The number of phenols is 1. The molecule has 0 atom stereocenters. The standard InChI is InChI=1S/C25H24O2/c1-2-3-6-16-27-25-15-14-22(24-17-19(26)12-13-23(24)25)21-11-7-9-18-8-4-5-10-20(18)21/h4-5,7-15,17,26H,2-3,6,16H2,1H3. The van der Waals surface area contributed by atoms with Crippen molar-refractivity contribution < 1.29 is 9.84 Å². The normalized spacial score (nSPS) is 11.1. The average Bonchev–Trinajstić information content (AvgIpc) is 2.70. The Bertz CT molecular complexity index is 1080. The van der Waals surface area contributed by atoms with Crippen molar-refractivity contribution in [3.8, 4) is 22.6 Å². The number of phenolic OH excluding ortho intramolecular Hbond substituents is 1. The van der Waals surface area contributed by atoms with Crippen molar-refractivity contribution in [3.63, 3.8) is 0 Å². The van der Waals surface area contributed by atoms with Crippen LogP contribution < -0.4 is 4.74 Å². The summed E-state index contributed by atoms with van der Waals surface area (Å²) in [6, 6.07) is 24.4. The van der Waals surface area contributed by atoms with E-state index in [1.165, 1.54) is 29.2 Å². The van der Waals surface area contributed by atoms with Gasteiger partial charge < -0.3 is 9.84 Å². The molecule has 1 N–H and O–H groups in total. The molecule has 27 heavy (non-hydrogen) atoms. The van der Waals surface area contributed by atoms with Crippen LogP contribution in [-0.4, -0.2) is 11.7 Å². The SMILES string of the molecule is CCCCCOc1ccc(-c2cccc3ccccc23)c2cc(O)ccc12. The summed E-state index contributed by atoms with van der Waals surface area (Å²) in [5, 5.41) is 14.6. The lowest BCUT2D eigenvalue weighted by Crippen LogP contribution is -1.98. The molecule has 0 aliphatic heterocycles. The van der Waals surface area contributed by atoms with E-state index in [4.69, 9.17) is 4.74 Å². The monoisotopic (exact) mass is 356 g/mol. The van der Waals surface area contributed by atoms with Crippen molar-refractivity contribution in [1.82, 2.24) is 0 Å². The smallest absolute Gasteiger partial charge is 0.127 e. The van der Waals surface area contributed by atoms with Gasteiger partial charge in [-0.3, -0.25) is 0 Å². The lowest BCUT2D eigenvalue weighted by atomic mass is 9.93. The van der Waals surface area contributed by atoms with Crippen LogP contribution in [0.3, 0.4) is 0 Å². The molecule has 2 nitrogen and oxygen atoms in total. The Morgan fingerprint density at radius 3 is 2.44 bits per heavy atom. The first-order chi connectivity index (χ1) is 13.3. The summed E-state index contributed by atoms with van der Waals surface area (Å²) in [7, 11) is 0.